The zero-order valence-corrected chi connectivity index (χ0v) is 10.8. The van der Waals surface area contributed by atoms with Crippen molar-refractivity contribution in [2.75, 3.05) is 13.1 Å². The van der Waals surface area contributed by atoms with E-state index in [9.17, 15) is 0 Å². The minimum Gasteiger partial charge on any atom is -0.299 e. The minimum absolute atomic E-state index is 1.11. The second kappa shape index (κ2) is 8.35. The van der Waals surface area contributed by atoms with Gasteiger partial charge in [-0.25, -0.2) is 0 Å². The van der Waals surface area contributed by atoms with E-state index in [1.54, 1.807) is 0 Å². The van der Waals surface area contributed by atoms with Crippen molar-refractivity contribution in [1.29, 1.82) is 0 Å². The van der Waals surface area contributed by atoms with Gasteiger partial charge in [0.25, 0.3) is 0 Å². The molecule has 0 radical (unpaired) electrons. The van der Waals surface area contributed by atoms with Crippen LogP contribution in [0.5, 0.6) is 0 Å². The fraction of sp³-hybridized carbons (Fsp3) is 0.600. The molecule has 0 aliphatic heterocycles. The Morgan fingerprint density at radius 1 is 0.875 bits per heavy atom. The van der Waals surface area contributed by atoms with Crippen molar-refractivity contribution in [2.45, 2.75) is 46.1 Å². The average Bonchev–Trinajstić information content (AvgIpc) is 2.34. The van der Waals surface area contributed by atoms with Crippen LogP contribution in [-0.2, 0) is 6.54 Å². The van der Waals surface area contributed by atoms with E-state index < -0.39 is 0 Å². The van der Waals surface area contributed by atoms with E-state index in [2.05, 4.69) is 49.1 Å². The van der Waals surface area contributed by atoms with Gasteiger partial charge >= 0.3 is 0 Å². The first-order valence-electron chi connectivity index (χ1n) is 6.63. The summed E-state index contributed by atoms with van der Waals surface area (Å²) in [6, 6.07) is 10.8. The Balaban J connectivity index is 2.42. The predicted molar refractivity (Wildman–Crippen MR) is 71.5 cm³/mol. The standard InChI is InChI=1S/C15H25N/c1-3-5-12-16(13-6-4-2)14-15-10-8-7-9-11-15/h7-11H,3-6,12-14H2,1-2H3. The minimum atomic E-state index is 1.11. The molecular formula is C15H25N. The molecule has 16 heavy (non-hydrogen) atoms. The molecule has 0 spiro atoms. The highest BCUT2D eigenvalue weighted by Gasteiger charge is 2.04. The molecule has 0 aliphatic carbocycles. The van der Waals surface area contributed by atoms with Crippen LogP contribution in [0.25, 0.3) is 0 Å². The lowest BCUT2D eigenvalue weighted by atomic mass is 10.2. The van der Waals surface area contributed by atoms with E-state index in [4.69, 9.17) is 0 Å². The molecule has 0 amide bonds. The molecular weight excluding hydrogens is 194 g/mol. The number of nitrogens with zero attached hydrogens (tertiary/aromatic N) is 1. The first-order valence-corrected chi connectivity index (χ1v) is 6.63. The smallest absolute Gasteiger partial charge is 0.0233 e. The van der Waals surface area contributed by atoms with Gasteiger partial charge in [-0.15, -0.1) is 0 Å². The summed E-state index contributed by atoms with van der Waals surface area (Å²) in [4.78, 5) is 2.59. The maximum Gasteiger partial charge on any atom is 0.0233 e. The Hall–Kier alpha value is -0.820. The van der Waals surface area contributed by atoms with Crippen LogP contribution < -0.4 is 0 Å². The molecule has 1 rings (SSSR count). The summed E-state index contributed by atoms with van der Waals surface area (Å²) >= 11 is 0. The van der Waals surface area contributed by atoms with E-state index in [0.717, 1.165) is 6.54 Å². The van der Waals surface area contributed by atoms with Gasteiger partial charge in [0, 0.05) is 6.54 Å². The van der Waals surface area contributed by atoms with Crippen molar-refractivity contribution in [3.63, 3.8) is 0 Å². The molecule has 0 bridgehead atoms. The summed E-state index contributed by atoms with van der Waals surface area (Å²) in [6.07, 6.45) is 5.21. The van der Waals surface area contributed by atoms with Crippen molar-refractivity contribution in [2.24, 2.45) is 0 Å². The predicted octanol–water partition coefficient (Wildman–Crippen LogP) is 4.09. The zero-order chi connectivity index (χ0) is 11.6. The molecule has 0 aliphatic rings. The third kappa shape index (κ3) is 5.32. The maximum atomic E-state index is 2.59. The molecule has 1 heteroatoms. The van der Waals surface area contributed by atoms with E-state index in [0.29, 0.717) is 0 Å². The highest BCUT2D eigenvalue weighted by molar-refractivity contribution is 5.14. The van der Waals surface area contributed by atoms with Crippen molar-refractivity contribution in [3.05, 3.63) is 35.9 Å². The Morgan fingerprint density at radius 2 is 1.44 bits per heavy atom. The SMILES string of the molecule is CCCCN(CCCC)Cc1ccccc1. The van der Waals surface area contributed by atoms with Crippen LogP contribution in [-0.4, -0.2) is 18.0 Å². The van der Waals surface area contributed by atoms with E-state index in [1.807, 2.05) is 0 Å². The Labute approximate surface area is 100 Å². The summed E-state index contributed by atoms with van der Waals surface area (Å²) in [6.45, 7) is 8.12. The molecule has 0 saturated heterocycles. The van der Waals surface area contributed by atoms with Gasteiger partial charge in [0.2, 0.25) is 0 Å². The molecule has 90 valence electrons. The Kier molecular flexibility index (Phi) is 6.91. The molecule has 0 N–H and O–H groups in total. The monoisotopic (exact) mass is 219 g/mol. The number of unbranched alkanes of at least 4 members (excludes halogenated alkanes) is 2. The number of benzene rings is 1. The molecule has 0 fully saturated rings. The quantitative estimate of drug-likeness (QED) is 0.636. The van der Waals surface area contributed by atoms with Crippen LogP contribution in [0, 0.1) is 0 Å². The second-order valence-corrected chi connectivity index (χ2v) is 4.47. The van der Waals surface area contributed by atoms with Crippen LogP contribution >= 0.6 is 0 Å². The fourth-order valence-electron chi connectivity index (χ4n) is 1.87. The van der Waals surface area contributed by atoms with Gasteiger partial charge in [-0.3, -0.25) is 4.90 Å². The second-order valence-electron chi connectivity index (χ2n) is 4.47. The summed E-state index contributed by atoms with van der Waals surface area (Å²) in [7, 11) is 0. The molecule has 0 unspecified atom stereocenters. The topological polar surface area (TPSA) is 3.24 Å². The number of hydrogen-bond donors (Lipinski definition) is 0. The van der Waals surface area contributed by atoms with Gasteiger partial charge < -0.3 is 0 Å². The van der Waals surface area contributed by atoms with Gasteiger partial charge in [0.1, 0.15) is 0 Å². The van der Waals surface area contributed by atoms with E-state index >= 15 is 0 Å². The van der Waals surface area contributed by atoms with Crippen LogP contribution in [0.15, 0.2) is 30.3 Å². The largest absolute Gasteiger partial charge is 0.299 e. The van der Waals surface area contributed by atoms with Crippen molar-refractivity contribution in [1.82, 2.24) is 4.90 Å². The highest BCUT2D eigenvalue weighted by Crippen LogP contribution is 2.07. The average molecular weight is 219 g/mol. The zero-order valence-electron chi connectivity index (χ0n) is 10.8. The van der Waals surface area contributed by atoms with Crippen molar-refractivity contribution < 1.29 is 0 Å². The Morgan fingerprint density at radius 3 is 1.94 bits per heavy atom. The summed E-state index contributed by atoms with van der Waals surface area (Å²) < 4.78 is 0. The van der Waals surface area contributed by atoms with Gasteiger partial charge in [0.15, 0.2) is 0 Å². The van der Waals surface area contributed by atoms with Crippen LogP contribution in [0.2, 0.25) is 0 Å². The molecule has 0 heterocycles. The summed E-state index contributed by atoms with van der Waals surface area (Å²) in [5, 5.41) is 0. The normalized spacial score (nSPS) is 10.9. The van der Waals surface area contributed by atoms with Crippen LogP contribution in [0.4, 0.5) is 0 Å². The molecule has 0 aromatic heterocycles. The molecule has 1 aromatic carbocycles. The fourth-order valence-corrected chi connectivity index (χ4v) is 1.87. The summed E-state index contributed by atoms with van der Waals surface area (Å²) in [5.41, 5.74) is 1.44. The van der Waals surface area contributed by atoms with Gasteiger partial charge in [-0.1, -0.05) is 57.0 Å². The van der Waals surface area contributed by atoms with Gasteiger partial charge in [0.05, 0.1) is 0 Å². The first-order chi connectivity index (χ1) is 7.86. The molecule has 0 saturated carbocycles. The third-order valence-electron chi connectivity index (χ3n) is 2.90. The van der Waals surface area contributed by atoms with Crippen LogP contribution in [0.1, 0.15) is 45.1 Å². The van der Waals surface area contributed by atoms with Crippen molar-refractivity contribution in [3.8, 4) is 0 Å². The van der Waals surface area contributed by atoms with Crippen molar-refractivity contribution >= 4 is 0 Å². The van der Waals surface area contributed by atoms with Gasteiger partial charge in [-0.05, 0) is 31.5 Å². The molecule has 0 atom stereocenters. The lowest BCUT2D eigenvalue weighted by Crippen LogP contribution is -2.25. The molecule has 1 nitrogen and oxygen atoms in total. The third-order valence-corrected chi connectivity index (χ3v) is 2.90. The lowest BCUT2D eigenvalue weighted by Gasteiger charge is -2.21. The molecule has 1 aromatic rings. The highest BCUT2D eigenvalue weighted by atomic mass is 15.1. The first kappa shape index (κ1) is 13.2. The van der Waals surface area contributed by atoms with Gasteiger partial charge in [-0.2, -0.15) is 0 Å². The maximum absolute atomic E-state index is 2.59. The summed E-state index contributed by atoms with van der Waals surface area (Å²) in [5.74, 6) is 0. The number of rotatable bonds is 8. The lowest BCUT2D eigenvalue weighted by molar-refractivity contribution is 0.257. The van der Waals surface area contributed by atoms with Crippen LogP contribution in [0.3, 0.4) is 0 Å². The van der Waals surface area contributed by atoms with E-state index in [1.165, 1.54) is 44.3 Å². The number of hydrogen-bond acceptors (Lipinski definition) is 1. The Bertz CT molecular complexity index is 247. The van der Waals surface area contributed by atoms with E-state index in [-0.39, 0.29) is 0 Å².